The summed E-state index contributed by atoms with van der Waals surface area (Å²) >= 11 is 4.61. The Kier molecular flexibility index (Phi) is 4.68. The van der Waals surface area contributed by atoms with Crippen LogP contribution in [0.25, 0.3) is 0 Å². The standard InChI is InChI=1S/C13H13BrN2O2S/c1-16(6-9-3-2-4-10(14)5-9)7-11-8-19-12(15-11)13(17)18/h2-5,8H,6-7H2,1H3,(H,17,18). The monoisotopic (exact) mass is 340 g/mol. The first-order valence-corrected chi connectivity index (χ1v) is 7.32. The summed E-state index contributed by atoms with van der Waals surface area (Å²) in [6, 6.07) is 8.12. The quantitative estimate of drug-likeness (QED) is 0.907. The summed E-state index contributed by atoms with van der Waals surface area (Å²) in [5.74, 6) is -0.967. The van der Waals surface area contributed by atoms with E-state index in [4.69, 9.17) is 5.11 Å². The molecule has 0 aliphatic rings. The molecular formula is C13H13BrN2O2S. The second kappa shape index (κ2) is 6.27. The Labute approximate surface area is 123 Å². The van der Waals surface area contributed by atoms with Crippen molar-refractivity contribution < 1.29 is 9.90 Å². The molecule has 0 saturated heterocycles. The maximum absolute atomic E-state index is 10.8. The molecule has 4 nitrogen and oxygen atoms in total. The number of hydrogen-bond donors (Lipinski definition) is 1. The number of carboxylic acid groups (broad SMARTS) is 1. The lowest BCUT2D eigenvalue weighted by Gasteiger charge is -2.15. The van der Waals surface area contributed by atoms with Crippen LogP contribution >= 0.6 is 27.3 Å². The largest absolute Gasteiger partial charge is 0.476 e. The van der Waals surface area contributed by atoms with E-state index in [1.54, 1.807) is 5.38 Å². The summed E-state index contributed by atoms with van der Waals surface area (Å²) < 4.78 is 1.06. The molecule has 0 amide bonds. The van der Waals surface area contributed by atoms with Crippen LogP contribution in [0.2, 0.25) is 0 Å². The van der Waals surface area contributed by atoms with E-state index in [2.05, 4.69) is 37.9 Å². The highest BCUT2D eigenvalue weighted by Crippen LogP contribution is 2.15. The van der Waals surface area contributed by atoms with Crippen molar-refractivity contribution in [2.24, 2.45) is 0 Å². The molecule has 0 bridgehead atoms. The van der Waals surface area contributed by atoms with Crippen molar-refractivity contribution in [1.29, 1.82) is 0 Å². The predicted molar refractivity (Wildman–Crippen MR) is 78.4 cm³/mol. The van der Waals surface area contributed by atoms with Crippen LogP contribution in [0.1, 0.15) is 21.1 Å². The number of aromatic nitrogens is 1. The van der Waals surface area contributed by atoms with Crippen molar-refractivity contribution in [2.45, 2.75) is 13.1 Å². The van der Waals surface area contributed by atoms with Crippen LogP contribution in [0, 0.1) is 0 Å². The SMILES string of the molecule is CN(Cc1cccc(Br)c1)Cc1csc(C(=O)O)n1. The van der Waals surface area contributed by atoms with E-state index in [0.29, 0.717) is 6.54 Å². The van der Waals surface area contributed by atoms with Gasteiger partial charge in [0, 0.05) is 22.9 Å². The molecule has 0 saturated carbocycles. The molecule has 1 heterocycles. The van der Waals surface area contributed by atoms with Crippen LogP contribution < -0.4 is 0 Å². The lowest BCUT2D eigenvalue weighted by Crippen LogP contribution is -2.17. The van der Waals surface area contributed by atoms with Gasteiger partial charge >= 0.3 is 5.97 Å². The van der Waals surface area contributed by atoms with Gasteiger partial charge in [-0.3, -0.25) is 4.90 Å². The second-order valence-electron chi connectivity index (χ2n) is 4.25. The lowest BCUT2D eigenvalue weighted by molar-refractivity contribution is 0.0696. The zero-order chi connectivity index (χ0) is 13.8. The molecule has 6 heteroatoms. The fourth-order valence-electron chi connectivity index (χ4n) is 1.76. The van der Waals surface area contributed by atoms with E-state index < -0.39 is 5.97 Å². The Morgan fingerprint density at radius 2 is 2.26 bits per heavy atom. The number of carbonyl (C=O) groups is 1. The molecule has 100 valence electrons. The van der Waals surface area contributed by atoms with Gasteiger partial charge in [-0.1, -0.05) is 28.1 Å². The Morgan fingerprint density at radius 3 is 2.89 bits per heavy atom. The van der Waals surface area contributed by atoms with Crippen LogP contribution in [-0.2, 0) is 13.1 Å². The van der Waals surface area contributed by atoms with Crippen molar-refractivity contribution in [1.82, 2.24) is 9.88 Å². The van der Waals surface area contributed by atoms with Gasteiger partial charge in [-0.15, -0.1) is 11.3 Å². The number of carboxylic acids is 1. The first-order chi connectivity index (χ1) is 9.04. The van der Waals surface area contributed by atoms with Crippen molar-refractivity contribution in [3.8, 4) is 0 Å². The van der Waals surface area contributed by atoms with Gasteiger partial charge in [-0.05, 0) is 24.7 Å². The Morgan fingerprint density at radius 1 is 1.47 bits per heavy atom. The number of halogens is 1. The van der Waals surface area contributed by atoms with Gasteiger partial charge in [-0.2, -0.15) is 0 Å². The Bertz CT molecular complexity index is 586. The molecule has 0 aliphatic carbocycles. The first-order valence-electron chi connectivity index (χ1n) is 5.65. The molecule has 1 aromatic heterocycles. The first kappa shape index (κ1) is 14.2. The van der Waals surface area contributed by atoms with Crippen molar-refractivity contribution in [3.63, 3.8) is 0 Å². The molecule has 0 unspecified atom stereocenters. The van der Waals surface area contributed by atoms with Crippen molar-refractivity contribution in [3.05, 3.63) is 50.4 Å². The van der Waals surface area contributed by atoms with Crippen LogP contribution in [0.5, 0.6) is 0 Å². The molecule has 0 spiro atoms. The van der Waals surface area contributed by atoms with Gasteiger partial charge < -0.3 is 5.11 Å². The van der Waals surface area contributed by atoms with Crippen LogP contribution in [0.4, 0.5) is 0 Å². The zero-order valence-electron chi connectivity index (χ0n) is 10.3. The smallest absolute Gasteiger partial charge is 0.365 e. The zero-order valence-corrected chi connectivity index (χ0v) is 12.7. The van der Waals surface area contributed by atoms with Crippen molar-refractivity contribution in [2.75, 3.05) is 7.05 Å². The third-order valence-corrected chi connectivity index (χ3v) is 3.88. The van der Waals surface area contributed by atoms with E-state index in [1.165, 1.54) is 5.56 Å². The summed E-state index contributed by atoms with van der Waals surface area (Å²) in [6.45, 7) is 1.43. The molecule has 1 aromatic carbocycles. The molecule has 0 aliphatic heterocycles. The minimum Gasteiger partial charge on any atom is -0.476 e. The number of rotatable bonds is 5. The van der Waals surface area contributed by atoms with E-state index in [1.807, 2.05) is 19.2 Å². The third-order valence-electron chi connectivity index (χ3n) is 2.51. The predicted octanol–water partition coefficient (Wildman–Crippen LogP) is 3.24. The molecule has 0 fully saturated rings. The average Bonchev–Trinajstić information content (AvgIpc) is 2.77. The van der Waals surface area contributed by atoms with E-state index in [9.17, 15) is 4.79 Å². The molecule has 2 aromatic rings. The molecule has 0 atom stereocenters. The number of aromatic carboxylic acids is 1. The summed E-state index contributed by atoms with van der Waals surface area (Å²) in [7, 11) is 1.99. The summed E-state index contributed by atoms with van der Waals surface area (Å²) in [4.78, 5) is 16.9. The van der Waals surface area contributed by atoms with Crippen LogP contribution in [0.3, 0.4) is 0 Å². The van der Waals surface area contributed by atoms with E-state index >= 15 is 0 Å². The molecule has 19 heavy (non-hydrogen) atoms. The van der Waals surface area contributed by atoms with Gasteiger partial charge in [0.1, 0.15) is 0 Å². The summed E-state index contributed by atoms with van der Waals surface area (Å²) in [6.07, 6.45) is 0. The molecular weight excluding hydrogens is 328 g/mol. The van der Waals surface area contributed by atoms with E-state index in [-0.39, 0.29) is 5.01 Å². The average molecular weight is 341 g/mol. The minimum absolute atomic E-state index is 0.144. The number of benzene rings is 1. The summed E-state index contributed by atoms with van der Waals surface area (Å²) in [5.41, 5.74) is 1.99. The van der Waals surface area contributed by atoms with Crippen LogP contribution in [0.15, 0.2) is 34.1 Å². The maximum Gasteiger partial charge on any atom is 0.365 e. The molecule has 1 N–H and O–H groups in total. The highest BCUT2D eigenvalue weighted by Gasteiger charge is 2.10. The van der Waals surface area contributed by atoms with Gasteiger partial charge in [0.2, 0.25) is 5.01 Å². The Balaban J connectivity index is 1.97. The number of thiazole rings is 1. The maximum atomic E-state index is 10.8. The fraction of sp³-hybridized carbons (Fsp3) is 0.231. The van der Waals surface area contributed by atoms with Crippen molar-refractivity contribution >= 4 is 33.2 Å². The highest BCUT2D eigenvalue weighted by molar-refractivity contribution is 9.10. The fourth-order valence-corrected chi connectivity index (χ4v) is 2.85. The topological polar surface area (TPSA) is 53.4 Å². The van der Waals surface area contributed by atoms with E-state index in [0.717, 1.165) is 28.0 Å². The minimum atomic E-state index is -0.967. The Hall–Kier alpha value is -1.24. The summed E-state index contributed by atoms with van der Waals surface area (Å²) in [5, 5.41) is 10.8. The second-order valence-corrected chi connectivity index (χ2v) is 6.03. The van der Waals surface area contributed by atoms with Gasteiger partial charge in [-0.25, -0.2) is 9.78 Å². The van der Waals surface area contributed by atoms with Gasteiger partial charge in [0.15, 0.2) is 0 Å². The molecule has 2 rings (SSSR count). The highest BCUT2D eigenvalue weighted by atomic mass is 79.9. The third kappa shape index (κ3) is 4.12. The molecule has 0 radical (unpaired) electrons. The van der Waals surface area contributed by atoms with Gasteiger partial charge in [0.05, 0.1) is 5.69 Å². The number of nitrogens with zero attached hydrogens (tertiary/aromatic N) is 2. The normalized spacial score (nSPS) is 10.9. The van der Waals surface area contributed by atoms with Crippen LogP contribution in [-0.4, -0.2) is 28.0 Å². The van der Waals surface area contributed by atoms with Gasteiger partial charge in [0.25, 0.3) is 0 Å². The lowest BCUT2D eigenvalue weighted by atomic mass is 10.2. The number of hydrogen-bond acceptors (Lipinski definition) is 4.